The van der Waals surface area contributed by atoms with Crippen molar-refractivity contribution in [3.63, 3.8) is 0 Å². The number of hydrogen-bond acceptors (Lipinski definition) is 5. The molecule has 2 aromatic rings. The van der Waals surface area contributed by atoms with Crippen LogP contribution in [0.1, 0.15) is 46.2 Å². The molecule has 2 heterocycles. The highest BCUT2D eigenvalue weighted by molar-refractivity contribution is 6.30. The van der Waals surface area contributed by atoms with Crippen LogP contribution in [-0.2, 0) is 16.8 Å². The van der Waals surface area contributed by atoms with Gasteiger partial charge < -0.3 is 24.6 Å². The van der Waals surface area contributed by atoms with Gasteiger partial charge in [0, 0.05) is 45.1 Å². The molecule has 0 bridgehead atoms. The third-order valence-electron chi connectivity index (χ3n) is 6.51. The lowest BCUT2D eigenvalue weighted by molar-refractivity contribution is -0.0224. The molecule has 184 valence electrons. The molecule has 2 aliphatic rings. The second kappa shape index (κ2) is 9.93. The number of fused-ring (bicyclic) bond motifs is 2. The lowest BCUT2D eigenvalue weighted by Gasteiger charge is -2.54. The van der Waals surface area contributed by atoms with Crippen LogP contribution in [0.3, 0.4) is 0 Å². The van der Waals surface area contributed by atoms with Crippen LogP contribution < -0.4 is 10.7 Å². The fraction of sp³-hybridized carbons (Fsp3) is 0.435. The summed E-state index contributed by atoms with van der Waals surface area (Å²) in [5.74, 6) is -2.39. The first-order valence-electron chi connectivity index (χ1n) is 10.7. The van der Waals surface area contributed by atoms with E-state index in [1.807, 2.05) is 6.92 Å². The number of aromatic nitrogens is 1. The monoisotopic (exact) mass is 513 g/mol. The number of nitrogens with one attached hydrogen (secondary N) is 1. The zero-order chi connectivity index (χ0) is 23.9. The van der Waals surface area contributed by atoms with Crippen LogP contribution in [0.25, 0.3) is 0 Å². The van der Waals surface area contributed by atoms with Crippen molar-refractivity contribution >= 4 is 35.8 Å². The van der Waals surface area contributed by atoms with E-state index in [-0.39, 0.29) is 46.7 Å². The molecule has 0 atom stereocenters. The summed E-state index contributed by atoms with van der Waals surface area (Å²) in [5, 5.41) is 13.1. The molecule has 1 aromatic carbocycles. The summed E-state index contributed by atoms with van der Waals surface area (Å²) < 4.78 is 21.0. The third-order valence-corrected chi connectivity index (χ3v) is 6.80. The minimum Gasteiger partial charge on any atom is -0.503 e. The molecule has 0 saturated heterocycles. The summed E-state index contributed by atoms with van der Waals surface area (Å²) in [6.45, 7) is 3.03. The number of carbonyl (C=O) groups is 2. The number of benzene rings is 1. The fourth-order valence-electron chi connectivity index (χ4n) is 4.90. The van der Waals surface area contributed by atoms with Crippen molar-refractivity contribution in [1.29, 1.82) is 0 Å². The first kappa shape index (κ1) is 26.0. The zero-order valence-corrected chi connectivity index (χ0v) is 20.3. The van der Waals surface area contributed by atoms with Gasteiger partial charge >= 0.3 is 0 Å². The van der Waals surface area contributed by atoms with E-state index in [9.17, 15) is 23.9 Å². The van der Waals surface area contributed by atoms with Gasteiger partial charge in [-0.15, -0.1) is 12.4 Å². The molecule has 11 heteroatoms. The van der Waals surface area contributed by atoms with Crippen LogP contribution in [-0.4, -0.2) is 53.2 Å². The van der Waals surface area contributed by atoms with Gasteiger partial charge in [0.25, 0.3) is 11.8 Å². The largest absolute Gasteiger partial charge is 0.503 e. The number of hydrogen-bond donors (Lipinski definition) is 2. The van der Waals surface area contributed by atoms with Crippen molar-refractivity contribution in [1.82, 2.24) is 14.8 Å². The highest BCUT2D eigenvalue weighted by Gasteiger charge is 2.52. The highest BCUT2D eigenvalue weighted by Crippen LogP contribution is 2.48. The molecule has 34 heavy (non-hydrogen) atoms. The topological polar surface area (TPSA) is 101 Å². The van der Waals surface area contributed by atoms with Gasteiger partial charge in [-0.05, 0) is 31.7 Å². The van der Waals surface area contributed by atoms with E-state index in [2.05, 4.69) is 5.32 Å². The van der Waals surface area contributed by atoms with E-state index in [1.165, 1.54) is 18.3 Å². The minimum absolute atomic E-state index is 0. The van der Waals surface area contributed by atoms with Crippen LogP contribution in [0, 0.1) is 11.7 Å². The number of rotatable bonds is 6. The molecule has 1 aliphatic heterocycles. The number of ether oxygens (including phenoxy) is 1. The number of carbonyl (C=O) groups excluding carboxylic acids is 2. The van der Waals surface area contributed by atoms with Gasteiger partial charge in [0.1, 0.15) is 11.4 Å². The molecule has 1 aliphatic carbocycles. The van der Waals surface area contributed by atoms with Crippen LogP contribution in [0.15, 0.2) is 29.2 Å². The van der Waals surface area contributed by atoms with Crippen LogP contribution >= 0.6 is 24.0 Å². The molecule has 4 rings (SSSR count). The Bertz CT molecular complexity index is 1180. The Labute approximate surface area is 207 Å². The Hall–Kier alpha value is -2.62. The van der Waals surface area contributed by atoms with Crippen LogP contribution in [0.5, 0.6) is 5.75 Å². The number of methoxy groups -OCH3 is 1. The molecule has 8 nitrogen and oxygen atoms in total. The van der Waals surface area contributed by atoms with E-state index in [0.717, 1.165) is 0 Å². The second-order valence-electron chi connectivity index (χ2n) is 8.61. The maximum absolute atomic E-state index is 14.1. The molecular weight excluding hydrogens is 488 g/mol. The van der Waals surface area contributed by atoms with Gasteiger partial charge in [-0.2, -0.15) is 0 Å². The molecule has 2 amide bonds. The highest BCUT2D eigenvalue weighted by atomic mass is 35.5. The quantitative estimate of drug-likeness (QED) is 0.618. The van der Waals surface area contributed by atoms with E-state index in [0.29, 0.717) is 32.5 Å². The lowest BCUT2D eigenvalue weighted by atomic mass is 9.66. The van der Waals surface area contributed by atoms with E-state index in [4.69, 9.17) is 16.3 Å². The first-order chi connectivity index (χ1) is 15.7. The third kappa shape index (κ3) is 4.28. The van der Waals surface area contributed by atoms with Crippen molar-refractivity contribution in [3.05, 3.63) is 62.3 Å². The van der Waals surface area contributed by atoms with Gasteiger partial charge in [-0.3, -0.25) is 14.4 Å². The van der Waals surface area contributed by atoms with Crippen molar-refractivity contribution in [2.24, 2.45) is 5.92 Å². The van der Waals surface area contributed by atoms with Crippen LogP contribution in [0.2, 0.25) is 5.02 Å². The van der Waals surface area contributed by atoms with Gasteiger partial charge in [-0.25, -0.2) is 4.39 Å². The fourth-order valence-corrected chi connectivity index (χ4v) is 5.09. The SMILES string of the molecule is CCN1C[C@]2(C[C@H](COC)C2)n2cc(C(=O)NCc3cccc(Cl)c3F)c(=O)c(O)c2C1=O.Cl. The maximum atomic E-state index is 14.1. The number of halogens is 3. The Morgan fingerprint density at radius 1 is 1.35 bits per heavy atom. The normalized spacial score (nSPS) is 21.0. The molecule has 0 radical (unpaired) electrons. The smallest absolute Gasteiger partial charge is 0.274 e. The van der Waals surface area contributed by atoms with Gasteiger partial charge in [0.2, 0.25) is 5.43 Å². The average Bonchev–Trinajstić information content (AvgIpc) is 2.77. The second-order valence-corrected chi connectivity index (χ2v) is 9.02. The van der Waals surface area contributed by atoms with Crippen LogP contribution in [0.4, 0.5) is 4.39 Å². The maximum Gasteiger partial charge on any atom is 0.274 e. The Balaban J connectivity index is 0.00000324. The predicted molar refractivity (Wildman–Crippen MR) is 126 cm³/mol. The molecule has 1 fully saturated rings. The number of nitrogens with zero attached hydrogens (tertiary/aromatic N) is 2. The van der Waals surface area contributed by atoms with Gasteiger partial charge in [0.05, 0.1) is 10.6 Å². The Morgan fingerprint density at radius 2 is 2.06 bits per heavy atom. The first-order valence-corrected chi connectivity index (χ1v) is 11.1. The minimum atomic E-state index is -0.945. The number of aromatic hydroxyl groups is 1. The van der Waals surface area contributed by atoms with E-state index in [1.54, 1.807) is 22.6 Å². The summed E-state index contributed by atoms with van der Waals surface area (Å²) in [6.07, 6.45) is 2.69. The van der Waals surface area contributed by atoms with E-state index >= 15 is 0 Å². The van der Waals surface area contributed by atoms with Crippen molar-refractivity contribution < 1.29 is 23.8 Å². The summed E-state index contributed by atoms with van der Waals surface area (Å²) in [5.41, 5.74) is -1.75. The summed E-state index contributed by atoms with van der Waals surface area (Å²) in [6, 6.07) is 4.41. The van der Waals surface area contributed by atoms with E-state index < -0.39 is 34.3 Å². The van der Waals surface area contributed by atoms with Crippen molar-refractivity contribution in [2.75, 3.05) is 26.8 Å². The number of amides is 2. The van der Waals surface area contributed by atoms with Crippen molar-refractivity contribution in [3.8, 4) is 5.75 Å². The molecule has 1 aromatic heterocycles. The summed E-state index contributed by atoms with van der Waals surface area (Å²) in [4.78, 5) is 40.2. The Kier molecular flexibility index (Phi) is 7.59. The van der Waals surface area contributed by atoms with Gasteiger partial charge in [-0.1, -0.05) is 23.7 Å². The standard InChI is InChI=1S/C23H25ClFN3O5.ClH/c1-3-27-12-23(7-13(8-23)11-33-2)28-10-15(19(29)20(30)18(28)22(27)32)21(31)26-9-14-5-4-6-16(24)17(14)25;/h4-6,10,13,30H,3,7-9,11-12H2,1-2H3,(H,26,31);1H/t13-,23+;. The Morgan fingerprint density at radius 3 is 2.71 bits per heavy atom. The molecular formula is C23H26Cl2FN3O5. The number of pyridine rings is 1. The zero-order valence-electron chi connectivity index (χ0n) is 18.8. The van der Waals surface area contributed by atoms with Gasteiger partial charge in [0.15, 0.2) is 11.4 Å². The molecule has 0 unspecified atom stereocenters. The predicted octanol–water partition coefficient (Wildman–Crippen LogP) is 2.93. The summed E-state index contributed by atoms with van der Waals surface area (Å²) in [7, 11) is 1.62. The molecule has 1 saturated carbocycles. The molecule has 2 N–H and O–H groups in total. The lowest BCUT2D eigenvalue weighted by Crippen LogP contribution is -2.61. The number of likely N-dealkylation sites (N-methyl/N-ethyl adjacent to an activating group) is 1. The van der Waals surface area contributed by atoms with Crippen molar-refractivity contribution in [2.45, 2.75) is 31.8 Å². The molecule has 1 spiro atoms. The average molecular weight is 514 g/mol. The summed E-state index contributed by atoms with van der Waals surface area (Å²) >= 11 is 5.78.